The van der Waals surface area contributed by atoms with E-state index in [1.165, 1.54) is 18.3 Å². The summed E-state index contributed by atoms with van der Waals surface area (Å²) in [6.45, 7) is 5.66. The summed E-state index contributed by atoms with van der Waals surface area (Å²) in [6.07, 6.45) is 2.90. The Labute approximate surface area is 221 Å². The van der Waals surface area contributed by atoms with E-state index in [4.69, 9.17) is 5.41 Å². The molecule has 1 aliphatic rings. The number of alkyl halides is 3. The van der Waals surface area contributed by atoms with E-state index in [-0.39, 0.29) is 28.8 Å². The fraction of sp³-hybridized carbons (Fsp3) is 0.308. The van der Waals surface area contributed by atoms with Gasteiger partial charge in [-0.25, -0.2) is 14.8 Å². The lowest BCUT2D eigenvalue weighted by Gasteiger charge is -2.31. The number of allylic oxidation sites excluding steroid dienone is 1. The molecule has 1 saturated heterocycles. The zero-order valence-electron chi connectivity index (χ0n) is 20.7. The molecule has 2 aromatic heterocycles. The maximum atomic E-state index is 13.6. The highest BCUT2D eigenvalue weighted by Crippen LogP contribution is 2.35. The molecular weight excluding hydrogens is 515 g/mol. The zero-order valence-corrected chi connectivity index (χ0v) is 21.6. The van der Waals surface area contributed by atoms with Crippen molar-refractivity contribution in [3.05, 3.63) is 64.2 Å². The topological polar surface area (TPSA) is 110 Å². The average Bonchev–Trinajstić information content (AvgIpc) is 3.47. The van der Waals surface area contributed by atoms with E-state index in [0.29, 0.717) is 22.1 Å². The Hall–Kier alpha value is -3.95. The number of nitrogens with one attached hydrogen (secondary N) is 4. The highest BCUT2D eigenvalue weighted by molar-refractivity contribution is 7.16. The Bertz CT molecular complexity index is 1410. The fourth-order valence-corrected chi connectivity index (χ4v) is 4.13. The van der Waals surface area contributed by atoms with Crippen LogP contribution in [0.3, 0.4) is 0 Å². The average molecular weight is 542 g/mol. The number of hydrogen-bond donors (Lipinski definition) is 4. The quantitative estimate of drug-likeness (QED) is 0.223. The molecule has 1 aromatic carbocycles. The van der Waals surface area contributed by atoms with E-state index in [2.05, 4.69) is 37.4 Å². The first kappa shape index (κ1) is 27.1. The minimum absolute atomic E-state index is 0.0337. The van der Waals surface area contributed by atoms with Gasteiger partial charge in [0.1, 0.15) is 11.5 Å². The molecule has 1 aliphatic heterocycles. The van der Waals surface area contributed by atoms with Crippen LogP contribution in [0.5, 0.6) is 0 Å². The minimum atomic E-state index is -4.53. The largest absolute Gasteiger partial charge is 0.416 e. The number of rotatable bonds is 7. The second-order valence-corrected chi connectivity index (χ2v) is 10.0. The molecule has 1 fully saturated rings. The second kappa shape index (κ2) is 11.6. The van der Waals surface area contributed by atoms with Crippen molar-refractivity contribution < 1.29 is 18.0 Å². The van der Waals surface area contributed by atoms with Crippen LogP contribution in [0, 0.1) is 23.2 Å². The number of amides is 2. The molecule has 12 heteroatoms. The number of benzene rings is 1. The molecule has 4 N–H and O–H groups in total. The van der Waals surface area contributed by atoms with Crippen molar-refractivity contribution >= 4 is 40.0 Å². The first-order valence-electron chi connectivity index (χ1n) is 11.9. The van der Waals surface area contributed by atoms with Gasteiger partial charge < -0.3 is 15.7 Å². The molecule has 0 saturated carbocycles. The van der Waals surface area contributed by atoms with Crippen molar-refractivity contribution in [3.8, 4) is 11.8 Å². The van der Waals surface area contributed by atoms with Gasteiger partial charge in [-0.2, -0.15) is 13.2 Å². The number of aromatic nitrogens is 3. The van der Waals surface area contributed by atoms with Crippen LogP contribution in [0.2, 0.25) is 0 Å². The number of urea groups is 1. The number of hydrogen-bond acceptors (Lipinski definition) is 6. The first-order valence-corrected chi connectivity index (χ1v) is 12.7. The molecule has 0 aliphatic carbocycles. The van der Waals surface area contributed by atoms with Crippen molar-refractivity contribution in [2.75, 3.05) is 23.7 Å². The molecule has 4 rings (SSSR count). The number of carbonyl (C=O) groups excluding carboxylic acids is 1. The molecule has 0 spiro atoms. The zero-order chi connectivity index (χ0) is 27.3. The van der Waals surface area contributed by atoms with Crippen LogP contribution in [0.15, 0.2) is 36.7 Å². The number of likely N-dealkylation sites (tertiary alicyclic amines) is 1. The predicted octanol–water partition coefficient (Wildman–Crippen LogP) is 5.82. The summed E-state index contributed by atoms with van der Waals surface area (Å²) < 4.78 is 40.8. The third kappa shape index (κ3) is 7.30. The number of aromatic amines is 1. The van der Waals surface area contributed by atoms with Gasteiger partial charge in [0.2, 0.25) is 0 Å². The molecular formula is C26H26F3N7OS. The summed E-state index contributed by atoms with van der Waals surface area (Å²) in [5.41, 5.74) is 0.514. The molecule has 2 amide bonds. The van der Waals surface area contributed by atoms with Gasteiger partial charge in [-0.3, -0.25) is 10.2 Å². The molecule has 0 unspecified atom stereocenters. The Morgan fingerprint density at radius 2 is 2.03 bits per heavy atom. The van der Waals surface area contributed by atoms with E-state index in [0.717, 1.165) is 36.9 Å². The maximum absolute atomic E-state index is 13.6. The second-order valence-electron chi connectivity index (χ2n) is 8.98. The summed E-state index contributed by atoms with van der Waals surface area (Å²) in [5, 5.41) is 13.0. The minimum Gasteiger partial charge on any atom is -0.332 e. The van der Waals surface area contributed by atoms with Gasteiger partial charge >= 0.3 is 12.2 Å². The van der Waals surface area contributed by atoms with Crippen molar-refractivity contribution in [1.29, 1.82) is 5.41 Å². The summed E-state index contributed by atoms with van der Waals surface area (Å²) in [6, 6.07) is 3.10. The number of anilines is 2. The van der Waals surface area contributed by atoms with Gasteiger partial charge in [0.05, 0.1) is 22.8 Å². The van der Waals surface area contributed by atoms with Crippen molar-refractivity contribution in [2.24, 2.45) is 5.92 Å². The molecule has 3 aromatic rings. The van der Waals surface area contributed by atoms with Crippen LogP contribution in [0.4, 0.5) is 28.8 Å². The monoisotopic (exact) mass is 541 g/mol. The lowest BCUT2D eigenvalue weighted by Crippen LogP contribution is -2.36. The van der Waals surface area contributed by atoms with Gasteiger partial charge in [-0.1, -0.05) is 31.3 Å². The number of halogens is 3. The summed E-state index contributed by atoms with van der Waals surface area (Å²) in [7, 11) is 0. The molecule has 0 bridgehead atoms. The smallest absolute Gasteiger partial charge is 0.332 e. The van der Waals surface area contributed by atoms with Crippen LogP contribution in [-0.4, -0.2) is 44.7 Å². The Morgan fingerprint density at radius 3 is 2.71 bits per heavy atom. The maximum Gasteiger partial charge on any atom is 0.416 e. The summed E-state index contributed by atoms with van der Waals surface area (Å²) in [5.74, 6) is 6.54. The lowest BCUT2D eigenvalue weighted by molar-refractivity contribution is -0.138. The van der Waals surface area contributed by atoms with Crippen LogP contribution in [-0.2, 0) is 12.7 Å². The van der Waals surface area contributed by atoms with Crippen molar-refractivity contribution in [3.63, 3.8) is 0 Å². The number of nitrogens with zero attached hydrogens (tertiary/aromatic N) is 3. The highest BCUT2D eigenvalue weighted by atomic mass is 32.1. The summed E-state index contributed by atoms with van der Waals surface area (Å²) >= 11 is 1.12. The molecule has 0 radical (unpaired) electrons. The van der Waals surface area contributed by atoms with E-state index in [1.54, 1.807) is 18.3 Å². The van der Waals surface area contributed by atoms with Gasteiger partial charge in [-0.05, 0) is 67.1 Å². The van der Waals surface area contributed by atoms with Crippen molar-refractivity contribution in [1.82, 2.24) is 19.9 Å². The lowest BCUT2D eigenvalue weighted by atomic mass is 10.0. The van der Waals surface area contributed by atoms with Crippen LogP contribution in [0.25, 0.3) is 6.08 Å². The van der Waals surface area contributed by atoms with Gasteiger partial charge in [-0.15, -0.1) is 0 Å². The van der Waals surface area contributed by atoms with E-state index >= 15 is 0 Å². The Balaban J connectivity index is 1.36. The first-order chi connectivity index (χ1) is 18.1. The van der Waals surface area contributed by atoms with Crippen LogP contribution in [0.1, 0.15) is 47.8 Å². The Kier molecular flexibility index (Phi) is 8.29. The molecule has 8 nitrogen and oxygen atoms in total. The van der Waals surface area contributed by atoms with E-state index < -0.39 is 17.8 Å². The van der Waals surface area contributed by atoms with Gasteiger partial charge in [0, 0.05) is 17.9 Å². The normalized spacial score (nSPS) is 13.7. The highest BCUT2D eigenvalue weighted by Gasteiger charge is 2.34. The van der Waals surface area contributed by atoms with Crippen LogP contribution >= 0.6 is 11.3 Å². The molecule has 3 heterocycles. The number of carbonyl (C=O) groups is 1. The predicted molar refractivity (Wildman–Crippen MR) is 142 cm³/mol. The number of H-pyrrole nitrogens is 1. The standard InChI is InChI=1S/C26H26F3N7OS/c1-16(2)22(30)8-9-23-31-13-19(33-23)6-7-20-14-32-25(38-20)35-24(37)34-18-5-4-17(15-36-10-3-11-36)21(12-18)26(27,28)29/h4-5,8-9,12-14,16,30H,3,10-11,15H2,1-2H3,(H,31,33)(H2,32,34,35,37). The van der Waals surface area contributed by atoms with E-state index in [1.807, 2.05) is 18.7 Å². The molecule has 38 heavy (non-hydrogen) atoms. The Morgan fingerprint density at radius 1 is 1.24 bits per heavy atom. The van der Waals surface area contributed by atoms with Crippen molar-refractivity contribution in [2.45, 2.75) is 33.0 Å². The van der Waals surface area contributed by atoms with Gasteiger partial charge in [0.15, 0.2) is 5.13 Å². The third-order valence-electron chi connectivity index (χ3n) is 5.70. The third-order valence-corrected chi connectivity index (χ3v) is 6.53. The fourth-order valence-electron chi connectivity index (χ4n) is 3.46. The number of imidazole rings is 1. The molecule has 198 valence electrons. The summed E-state index contributed by atoms with van der Waals surface area (Å²) in [4.78, 5) is 26.2. The van der Waals surface area contributed by atoms with Crippen LogP contribution < -0.4 is 10.6 Å². The number of thiazole rings is 1. The molecule has 0 atom stereocenters. The van der Waals surface area contributed by atoms with Gasteiger partial charge in [0.25, 0.3) is 0 Å². The van der Waals surface area contributed by atoms with E-state index in [9.17, 15) is 18.0 Å². The SMILES string of the molecule is CC(C)C(=N)C=Cc1ncc(C#Cc2cnc(NC(=O)Nc3ccc(CN4CCC4)c(C(F)(F)F)c3)s2)[nH]1.